The van der Waals surface area contributed by atoms with Crippen molar-refractivity contribution in [1.82, 2.24) is 0 Å². The van der Waals surface area contributed by atoms with E-state index in [-0.39, 0.29) is 13.0 Å². The number of ether oxygens (including phenoxy) is 2. The van der Waals surface area contributed by atoms with E-state index in [0.29, 0.717) is 5.75 Å². The van der Waals surface area contributed by atoms with E-state index in [4.69, 9.17) is 9.47 Å². The molecule has 0 amide bonds. The minimum atomic E-state index is -1.18. The Morgan fingerprint density at radius 3 is 2.69 bits per heavy atom. The summed E-state index contributed by atoms with van der Waals surface area (Å²) in [6, 6.07) is 22.2. The van der Waals surface area contributed by atoms with Gasteiger partial charge in [-0.25, -0.2) is 0 Å². The molecular weight excluding hydrogens is 406 g/mol. The van der Waals surface area contributed by atoms with Crippen LogP contribution in [0.5, 0.6) is 5.75 Å². The SMILES string of the molecule is OCC1CC(O)[C@@H](O)C(Oc2cccc(N/C=C/CCc3ccc4ccccc4c3)c2)O1. The molecule has 3 aromatic carbocycles. The van der Waals surface area contributed by atoms with Gasteiger partial charge in [-0.2, -0.15) is 0 Å². The quantitative estimate of drug-likeness (QED) is 0.432. The van der Waals surface area contributed by atoms with E-state index < -0.39 is 24.6 Å². The Labute approximate surface area is 187 Å². The first kappa shape index (κ1) is 22.3. The predicted octanol–water partition coefficient (Wildman–Crippen LogP) is 3.61. The van der Waals surface area contributed by atoms with E-state index >= 15 is 0 Å². The van der Waals surface area contributed by atoms with Gasteiger partial charge in [-0.1, -0.05) is 54.6 Å². The minimum absolute atomic E-state index is 0.170. The van der Waals surface area contributed by atoms with Crippen molar-refractivity contribution in [3.8, 4) is 5.75 Å². The van der Waals surface area contributed by atoms with Crippen molar-refractivity contribution in [2.75, 3.05) is 11.9 Å². The van der Waals surface area contributed by atoms with Crippen LogP contribution in [0, 0.1) is 0 Å². The summed E-state index contributed by atoms with van der Waals surface area (Å²) in [6.07, 6.45) is 2.23. The highest BCUT2D eigenvalue weighted by atomic mass is 16.7. The molecule has 4 N–H and O–H groups in total. The molecule has 0 bridgehead atoms. The van der Waals surface area contributed by atoms with Gasteiger partial charge in [0.05, 0.1) is 18.8 Å². The molecule has 6 heteroatoms. The predicted molar refractivity (Wildman–Crippen MR) is 124 cm³/mol. The van der Waals surface area contributed by atoms with Gasteiger partial charge in [0, 0.05) is 18.2 Å². The average Bonchev–Trinajstić information content (AvgIpc) is 2.82. The van der Waals surface area contributed by atoms with E-state index in [1.807, 2.05) is 18.3 Å². The maximum absolute atomic E-state index is 10.1. The lowest BCUT2D eigenvalue weighted by atomic mass is 10.0. The van der Waals surface area contributed by atoms with Crippen LogP contribution in [0.4, 0.5) is 5.69 Å². The first-order valence-electron chi connectivity index (χ1n) is 10.9. The molecule has 3 aromatic rings. The lowest BCUT2D eigenvalue weighted by Gasteiger charge is -2.36. The highest BCUT2D eigenvalue weighted by Gasteiger charge is 2.38. The number of allylic oxidation sites excluding steroid dienone is 1. The molecule has 168 valence electrons. The number of nitrogens with one attached hydrogen (secondary N) is 1. The van der Waals surface area contributed by atoms with Gasteiger partial charge in [0.15, 0.2) is 0 Å². The zero-order valence-electron chi connectivity index (χ0n) is 17.8. The Morgan fingerprint density at radius 1 is 1.00 bits per heavy atom. The number of anilines is 1. The summed E-state index contributed by atoms with van der Waals surface area (Å²) in [4.78, 5) is 0. The largest absolute Gasteiger partial charge is 0.462 e. The molecule has 0 aliphatic carbocycles. The lowest BCUT2D eigenvalue weighted by Crippen LogP contribution is -2.51. The molecule has 0 saturated carbocycles. The van der Waals surface area contributed by atoms with E-state index in [0.717, 1.165) is 18.5 Å². The molecule has 4 rings (SSSR count). The normalized spacial score (nSPS) is 23.5. The third-order valence-corrected chi connectivity index (χ3v) is 5.58. The molecule has 0 spiro atoms. The molecule has 0 aromatic heterocycles. The van der Waals surface area contributed by atoms with Crippen LogP contribution in [0.1, 0.15) is 18.4 Å². The Hall–Kier alpha value is -2.90. The Balaban J connectivity index is 1.29. The van der Waals surface area contributed by atoms with E-state index in [9.17, 15) is 15.3 Å². The Bertz CT molecular complexity index is 1050. The minimum Gasteiger partial charge on any atom is -0.462 e. The van der Waals surface area contributed by atoms with Crippen molar-refractivity contribution in [1.29, 1.82) is 0 Å². The molecule has 1 aliphatic heterocycles. The summed E-state index contributed by atoms with van der Waals surface area (Å²) in [5.74, 6) is 0.495. The third kappa shape index (κ3) is 5.66. The molecule has 1 heterocycles. The fourth-order valence-electron chi connectivity index (χ4n) is 3.81. The molecule has 4 atom stereocenters. The summed E-state index contributed by atoms with van der Waals surface area (Å²) >= 11 is 0. The van der Waals surface area contributed by atoms with E-state index in [1.165, 1.54) is 16.3 Å². The number of hydrogen-bond donors (Lipinski definition) is 4. The van der Waals surface area contributed by atoms with Crippen LogP contribution >= 0.6 is 0 Å². The molecule has 6 nitrogen and oxygen atoms in total. The van der Waals surface area contributed by atoms with Crippen molar-refractivity contribution in [2.45, 2.75) is 43.9 Å². The molecule has 1 fully saturated rings. The van der Waals surface area contributed by atoms with Gasteiger partial charge in [-0.15, -0.1) is 0 Å². The van der Waals surface area contributed by atoms with Crippen LogP contribution in [0.15, 0.2) is 79.0 Å². The Kier molecular flexibility index (Phi) is 7.39. The number of aryl methyl sites for hydroxylation is 1. The zero-order chi connectivity index (χ0) is 22.3. The zero-order valence-corrected chi connectivity index (χ0v) is 17.8. The number of aliphatic hydroxyl groups is 3. The van der Waals surface area contributed by atoms with Crippen LogP contribution in [-0.2, 0) is 11.2 Å². The molecular formula is C26H29NO5. The van der Waals surface area contributed by atoms with Crippen molar-refractivity contribution in [3.05, 3.63) is 84.6 Å². The molecule has 1 saturated heterocycles. The first-order valence-corrected chi connectivity index (χ1v) is 10.9. The van der Waals surface area contributed by atoms with Gasteiger partial charge in [0.2, 0.25) is 6.29 Å². The fourth-order valence-corrected chi connectivity index (χ4v) is 3.81. The maximum atomic E-state index is 10.1. The van der Waals surface area contributed by atoms with Crippen LogP contribution in [-0.4, -0.2) is 46.5 Å². The maximum Gasteiger partial charge on any atom is 0.229 e. The van der Waals surface area contributed by atoms with Crippen LogP contribution in [0.3, 0.4) is 0 Å². The van der Waals surface area contributed by atoms with Crippen LogP contribution in [0.25, 0.3) is 10.8 Å². The summed E-state index contributed by atoms with van der Waals surface area (Å²) in [5, 5.41) is 35.1. The van der Waals surface area contributed by atoms with Crippen molar-refractivity contribution in [2.24, 2.45) is 0 Å². The van der Waals surface area contributed by atoms with Gasteiger partial charge in [0.25, 0.3) is 0 Å². The molecule has 1 aliphatic rings. The average molecular weight is 436 g/mol. The second-order valence-electron chi connectivity index (χ2n) is 8.02. The van der Waals surface area contributed by atoms with E-state index in [1.54, 1.807) is 12.1 Å². The molecule has 32 heavy (non-hydrogen) atoms. The first-order chi connectivity index (χ1) is 15.6. The second kappa shape index (κ2) is 10.6. The monoisotopic (exact) mass is 435 g/mol. The highest BCUT2D eigenvalue weighted by molar-refractivity contribution is 5.82. The summed E-state index contributed by atoms with van der Waals surface area (Å²) < 4.78 is 11.3. The smallest absolute Gasteiger partial charge is 0.229 e. The van der Waals surface area contributed by atoms with E-state index in [2.05, 4.69) is 53.9 Å². The number of rotatable bonds is 8. The lowest BCUT2D eigenvalue weighted by molar-refractivity contribution is -0.240. The van der Waals surface area contributed by atoms with Crippen molar-refractivity contribution >= 4 is 16.5 Å². The summed E-state index contributed by atoms with van der Waals surface area (Å²) in [7, 11) is 0. The highest BCUT2D eigenvalue weighted by Crippen LogP contribution is 2.25. The number of hydrogen-bond acceptors (Lipinski definition) is 6. The van der Waals surface area contributed by atoms with Crippen LogP contribution in [0.2, 0.25) is 0 Å². The van der Waals surface area contributed by atoms with Gasteiger partial charge >= 0.3 is 0 Å². The number of aliphatic hydroxyl groups excluding tert-OH is 3. The number of fused-ring (bicyclic) bond motifs is 1. The standard InChI is InChI=1S/C26H29NO5/c28-17-23-16-24(29)25(30)26(32-23)31-22-10-5-9-21(15-22)27-13-4-3-6-18-11-12-19-7-1-2-8-20(19)14-18/h1-2,4-5,7-15,23-30H,3,6,16-17H2/b13-4+/t23?,24?,25-,26?/m1/s1. The summed E-state index contributed by atoms with van der Waals surface area (Å²) in [5.41, 5.74) is 2.13. The second-order valence-corrected chi connectivity index (χ2v) is 8.02. The molecule has 0 radical (unpaired) electrons. The Morgan fingerprint density at radius 2 is 1.84 bits per heavy atom. The van der Waals surface area contributed by atoms with Gasteiger partial charge in [-0.3, -0.25) is 0 Å². The van der Waals surface area contributed by atoms with Crippen molar-refractivity contribution in [3.63, 3.8) is 0 Å². The van der Waals surface area contributed by atoms with Gasteiger partial charge in [0.1, 0.15) is 11.9 Å². The van der Waals surface area contributed by atoms with Gasteiger partial charge in [-0.05, 0) is 47.5 Å². The fraction of sp³-hybridized carbons (Fsp3) is 0.308. The summed E-state index contributed by atoms with van der Waals surface area (Å²) in [6.45, 7) is -0.241. The van der Waals surface area contributed by atoms with Gasteiger partial charge < -0.3 is 30.1 Å². The molecule has 3 unspecified atom stereocenters. The van der Waals surface area contributed by atoms with Crippen LogP contribution < -0.4 is 10.1 Å². The van der Waals surface area contributed by atoms with Crippen molar-refractivity contribution < 1.29 is 24.8 Å². The number of benzene rings is 3. The topological polar surface area (TPSA) is 91.2 Å². The third-order valence-electron chi connectivity index (χ3n) is 5.58.